The fraction of sp³-hybridized carbons (Fsp3) is 0.500. The maximum absolute atomic E-state index is 11.6. The minimum atomic E-state index is 0.157. The van der Waals surface area contributed by atoms with Gasteiger partial charge in [0.15, 0.2) is 0 Å². The van der Waals surface area contributed by atoms with Crippen molar-refractivity contribution in [1.29, 1.82) is 0 Å². The van der Waals surface area contributed by atoms with Gasteiger partial charge in [0.05, 0.1) is 6.54 Å². The molecule has 0 aliphatic heterocycles. The first-order chi connectivity index (χ1) is 8.06. The summed E-state index contributed by atoms with van der Waals surface area (Å²) in [6.07, 6.45) is 1.56. The third-order valence-corrected chi connectivity index (χ3v) is 3.32. The summed E-state index contributed by atoms with van der Waals surface area (Å²) in [6, 6.07) is 7.94. The van der Waals surface area contributed by atoms with Crippen LogP contribution in [0.5, 0.6) is 0 Å². The van der Waals surface area contributed by atoms with E-state index in [9.17, 15) is 4.79 Å². The van der Waals surface area contributed by atoms with Crippen LogP contribution in [0.3, 0.4) is 0 Å². The largest absolute Gasteiger partial charge is 0.298 e. The SMILES string of the molecule is CCCC(=O)CN(C)C(C)c1ccccc1Cl. The fourth-order valence-corrected chi connectivity index (χ4v) is 2.12. The molecule has 1 aromatic rings. The average molecular weight is 254 g/mol. The normalized spacial score (nSPS) is 12.8. The lowest BCUT2D eigenvalue weighted by molar-refractivity contribution is -0.120. The quantitative estimate of drug-likeness (QED) is 0.771. The summed E-state index contributed by atoms with van der Waals surface area (Å²) in [5.41, 5.74) is 1.07. The lowest BCUT2D eigenvalue weighted by atomic mass is 10.1. The van der Waals surface area contributed by atoms with E-state index in [0.717, 1.165) is 17.0 Å². The van der Waals surface area contributed by atoms with Gasteiger partial charge < -0.3 is 0 Å². The maximum atomic E-state index is 11.6. The highest BCUT2D eigenvalue weighted by molar-refractivity contribution is 6.31. The van der Waals surface area contributed by atoms with Crippen molar-refractivity contribution in [1.82, 2.24) is 4.90 Å². The molecule has 94 valence electrons. The van der Waals surface area contributed by atoms with Crippen LogP contribution in [-0.4, -0.2) is 24.3 Å². The molecule has 0 saturated heterocycles. The van der Waals surface area contributed by atoms with E-state index in [-0.39, 0.29) is 11.8 Å². The van der Waals surface area contributed by atoms with Crippen LogP contribution in [0.4, 0.5) is 0 Å². The van der Waals surface area contributed by atoms with Gasteiger partial charge in [-0.2, -0.15) is 0 Å². The van der Waals surface area contributed by atoms with Gasteiger partial charge >= 0.3 is 0 Å². The van der Waals surface area contributed by atoms with Crippen LogP contribution in [0.1, 0.15) is 38.3 Å². The summed E-state index contributed by atoms with van der Waals surface area (Å²) in [6.45, 7) is 4.58. The van der Waals surface area contributed by atoms with Gasteiger partial charge in [-0.05, 0) is 32.0 Å². The second-order valence-corrected chi connectivity index (χ2v) is 4.81. The molecule has 0 fully saturated rings. The summed E-state index contributed by atoms with van der Waals surface area (Å²) in [5, 5.41) is 0.759. The molecule has 0 aliphatic carbocycles. The first kappa shape index (κ1) is 14.2. The molecule has 1 atom stereocenters. The van der Waals surface area contributed by atoms with Gasteiger partial charge in [0.2, 0.25) is 0 Å². The number of halogens is 1. The first-order valence-electron chi connectivity index (χ1n) is 6.02. The highest BCUT2D eigenvalue weighted by Gasteiger charge is 2.16. The maximum Gasteiger partial charge on any atom is 0.146 e. The van der Waals surface area contributed by atoms with Gasteiger partial charge in [-0.1, -0.05) is 36.7 Å². The highest BCUT2D eigenvalue weighted by atomic mass is 35.5. The lowest BCUT2D eigenvalue weighted by Crippen LogP contribution is -2.28. The summed E-state index contributed by atoms with van der Waals surface area (Å²) >= 11 is 6.15. The van der Waals surface area contributed by atoms with Crippen molar-refractivity contribution < 1.29 is 4.79 Å². The molecular weight excluding hydrogens is 234 g/mol. The zero-order valence-corrected chi connectivity index (χ0v) is 11.5. The van der Waals surface area contributed by atoms with Gasteiger partial charge in [0.1, 0.15) is 5.78 Å². The van der Waals surface area contributed by atoms with Crippen LogP contribution in [0.15, 0.2) is 24.3 Å². The Morgan fingerprint density at radius 1 is 1.41 bits per heavy atom. The van der Waals surface area contributed by atoms with Crippen molar-refractivity contribution >= 4 is 17.4 Å². The smallest absolute Gasteiger partial charge is 0.146 e. The molecular formula is C14H20ClNO. The molecule has 1 rings (SSSR count). The Morgan fingerprint density at radius 2 is 2.06 bits per heavy atom. The molecule has 3 heteroatoms. The van der Waals surface area contributed by atoms with Gasteiger partial charge in [0, 0.05) is 17.5 Å². The Labute approximate surface area is 109 Å². The minimum Gasteiger partial charge on any atom is -0.298 e. The first-order valence-corrected chi connectivity index (χ1v) is 6.40. The third-order valence-electron chi connectivity index (χ3n) is 2.97. The molecule has 2 nitrogen and oxygen atoms in total. The molecule has 0 N–H and O–H groups in total. The molecule has 0 radical (unpaired) electrons. The molecule has 0 aromatic heterocycles. The Morgan fingerprint density at radius 3 is 2.65 bits per heavy atom. The molecule has 1 aromatic carbocycles. The Hall–Kier alpha value is -0.860. The van der Waals surface area contributed by atoms with E-state index in [1.165, 1.54) is 0 Å². The van der Waals surface area contributed by atoms with E-state index in [1.54, 1.807) is 0 Å². The summed E-state index contributed by atoms with van der Waals surface area (Å²) in [7, 11) is 1.96. The van der Waals surface area contributed by atoms with Crippen molar-refractivity contribution in [2.75, 3.05) is 13.6 Å². The molecule has 0 amide bonds. The van der Waals surface area contributed by atoms with Crippen LogP contribution in [-0.2, 0) is 4.79 Å². The number of nitrogens with zero attached hydrogens (tertiary/aromatic N) is 1. The van der Waals surface area contributed by atoms with Gasteiger partial charge in [-0.3, -0.25) is 9.69 Å². The summed E-state index contributed by atoms with van der Waals surface area (Å²) in [5.74, 6) is 0.286. The molecule has 0 spiro atoms. The number of hydrogen-bond donors (Lipinski definition) is 0. The number of carbonyl (C=O) groups is 1. The predicted octanol–water partition coefficient (Wildman–Crippen LogP) is 3.70. The predicted molar refractivity (Wildman–Crippen MR) is 72.4 cm³/mol. The second-order valence-electron chi connectivity index (χ2n) is 4.40. The van der Waals surface area contributed by atoms with Crippen LogP contribution in [0, 0.1) is 0 Å². The number of ketones is 1. The van der Waals surface area contributed by atoms with Crippen LogP contribution in [0.2, 0.25) is 5.02 Å². The molecule has 0 saturated carbocycles. The zero-order chi connectivity index (χ0) is 12.8. The topological polar surface area (TPSA) is 20.3 Å². The number of rotatable bonds is 6. The molecule has 0 bridgehead atoms. The average Bonchev–Trinajstić information content (AvgIpc) is 2.29. The molecule has 0 heterocycles. The molecule has 0 aliphatic rings. The van der Waals surface area contributed by atoms with Crippen molar-refractivity contribution in [3.8, 4) is 0 Å². The van der Waals surface area contributed by atoms with E-state index in [1.807, 2.05) is 43.1 Å². The fourth-order valence-electron chi connectivity index (χ4n) is 1.82. The van der Waals surface area contributed by atoms with Gasteiger partial charge in [0.25, 0.3) is 0 Å². The number of benzene rings is 1. The van der Waals surface area contributed by atoms with Crippen molar-refractivity contribution in [2.24, 2.45) is 0 Å². The van der Waals surface area contributed by atoms with Crippen LogP contribution < -0.4 is 0 Å². The second kappa shape index (κ2) is 6.77. The summed E-state index contributed by atoms with van der Waals surface area (Å²) < 4.78 is 0. The lowest BCUT2D eigenvalue weighted by Gasteiger charge is -2.25. The van der Waals surface area contributed by atoms with Crippen molar-refractivity contribution in [2.45, 2.75) is 32.7 Å². The Balaban J connectivity index is 2.67. The monoisotopic (exact) mass is 253 g/mol. The standard InChI is InChI=1S/C14H20ClNO/c1-4-7-12(17)10-16(3)11(2)13-8-5-6-9-14(13)15/h5-6,8-9,11H,4,7,10H2,1-3H3. The Bertz CT molecular complexity index is 378. The Kier molecular flexibility index (Phi) is 5.66. The van der Waals surface area contributed by atoms with E-state index in [0.29, 0.717) is 13.0 Å². The molecule has 17 heavy (non-hydrogen) atoms. The third kappa shape index (κ3) is 4.14. The number of Topliss-reactive ketones (excluding diaryl/α,β-unsaturated/α-hetero) is 1. The molecule has 1 unspecified atom stereocenters. The van der Waals surface area contributed by atoms with E-state index in [2.05, 4.69) is 6.92 Å². The van der Waals surface area contributed by atoms with Crippen LogP contribution in [0.25, 0.3) is 0 Å². The van der Waals surface area contributed by atoms with E-state index < -0.39 is 0 Å². The van der Waals surface area contributed by atoms with Crippen molar-refractivity contribution in [3.05, 3.63) is 34.9 Å². The van der Waals surface area contributed by atoms with Gasteiger partial charge in [-0.25, -0.2) is 0 Å². The summed E-state index contributed by atoms with van der Waals surface area (Å²) in [4.78, 5) is 13.6. The van der Waals surface area contributed by atoms with Crippen LogP contribution >= 0.6 is 11.6 Å². The number of hydrogen-bond acceptors (Lipinski definition) is 2. The number of carbonyl (C=O) groups excluding carboxylic acids is 1. The highest BCUT2D eigenvalue weighted by Crippen LogP contribution is 2.25. The van der Waals surface area contributed by atoms with E-state index >= 15 is 0 Å². The van der Waals surface area contributed by atoms with Crippen molar-refractivity contribution in [3.63, 3.8) is 0 Å². The number of likely N-dealkylation sites (N-methyl/N-ethyl adjacent to an activating group) is 1. The van der Waals surface area contributed by atoms with Gasteiger partial charge in [-0.15, -0.1) is 0 Å². The minimum absolute atomic E-state index is 0.157. The van der Waals surface area contributed by atoms with E-state index in [4.69, 9.17) is 11.6 Å². The zero-order valence-electron chi connectivity index (χ0n) is 10.7.